The van der Waals surface area contributed by atoms with Crippen LogP contribution >= 0.6 is 0 Å². The summed E-state index contributed by atoms with van der Waals surface area (Å²) in [6.45, 7) is 1.99. The molecular weight excluding hydrogens is 222 g/mol. The van der Waals surface area contributed by atoms with Crippen LogP contribution < -0.4 is 0 Å². The minimum Gasteiger partial charge on any atom is -0.361 e. The number of nitrogens with zero attached hydrogens (tertiary/aromatic N) is 1. The third-order valence-corrected chi connectivity index (χ3v) is 4.01. The van der Waals surface area contributed by atoms with Crippen molar-refractivity contribution in [1.29, 1.82) is 0 Å². The Morgan fingerprint density at radius 1 is 1.06 bits per heavy atom. The molecule has 18 heavy (non-hydrogen) atoms. The van der Waals surface area contributed by atoms with Gasteiger partial charge in [0.05, 0.1) is 5.69 Å². The van der Waals surface area contributed by atoms with Gasteiger partial charge in [0.1, 0.15) is 5.76 Å². The van der Waals surface area contributed by atoms with Gasteiger partial charge in [-0.1, -0.05) is 48.3 Å². The minimum atomic E-state index is 0.502. The quantitative estimate of drug-likeness (QED) is 0.777. The first-order valence-corrected chi connectivity index (χ1v) is 6.83. The van der Waals surface area contributed by atoms with Gasteiger partial charge in [0.15, 0.2) is 0 Å². The molecule has 2 nitrogen and oxygen atoms in total. The second-order valence-electron chi connectivity index (χ2n) is 5.28. The van der Waals surface area contributed by atoms with Gasteiger partial charge in [0.25, 0.3) is 0 Å². The number of aromatic nitrogens is 1. The molecule has 2 aromatic rings. The van der Waals surface area contributed by atoms with E-state index < -0.39 is 0 Å². The first-order valence-electron chi connectivity index (χ1n) is 6.83. The maximum Gasteiger partial charge on any atom is 0.140 e. The molecule has 0 amide bonds. The highest BCUT2D eigenvalue weighted by Crippen LogP contribution is 2.43. The monoisotopic (exact) mass is 241 g/mol. The van der Waals surface area contributed by atoms with E-state index in [0.29, 0.717) is 11.8 Å². The van der Waals surface area contributed by atoms with Crippen LogP contribution in [-0.2, 0) is 0 Å². The number of aryl methyl sites for hydroxylation is 1. The van der Waals surface area contributed by atoms with E-state index in [1.807, 2.05) is 6.92 Å². The fourth-order valence-corrected chi connectivity index (χ4v) is 3.13. The molecule has 94 valence electrons. The zero-order chi connectivity index (χ0) is 12.4. The number of rotatable bonds is 2. The van der Waals surface area contributed by atoms with E-state index in [2.05, 4.69) is 41.6 Å². The zero-order valence-electron chi connectivity index (χ0n) is 10.8. The predicted octanol–water partition coefficient (Wildman–Crippen LogP) is 4.42. The molecule has 0 saturated heterocycles. The van der Waals surface area contributed by atoms with Crippen LogP contribution in [0.15, 0.2) is 40.9 Å². The fraction of sp³-hybridized carbons (Fsp3) is 0.438. The molecule has 2 unspecified atom stereocenters. The normalized spacial score (nSPS) is 24.1. The van der Waals surface area contributed by atoms with Gasteiger partial charge in [0.2, 0.25) is 0 Å². The zero-order valence-corrected chi connectivity index (χ0v) is 10.8. The summed E-state index contributed by atoms with van der Waals surface area (Å²) in [7, 11) is 0. The van der Waals surface area contributed by atoms with Crippen molar-refractivity contribution in [3.05, 3.63) is 53.4 Å². The van der Waals surface area contributed by atoms with E-state index in [4.69, 9.17) is 4.52 Å². The summed E-state index contributed by atoms with van der Waals surface area (Å²) >= 11 is 0. The largest absolute Gasteiger partial charge is 0.361 e. The SMILES string of the molecule is Cc1cc(C2CCCCC2c2ccccc2)on1. The van der Waals surface area contributed by atoms with Crippen LogP contribution in [0.5, 0.6) is 0 Å². The van der Waals surface area contributed by atoms with Gasteiger partial charge in [-0.2, -0.15) is 0 Å². The molecule has 2 heteroatoms. The summed E-state index contributed by atoms with van der Waals surface area (Å²) in [5.41, 5.74) is 2.43. The lowest BCUT2D eigenvalue weighted by Crippen LogP contribution is -2.15. The van der Waals surface area contributed by atoms with Crippen LogP contribution in [-0.4, -0.2) is 5.16 Å². The molecule has 0 bridgehead atoms. The van der Waals surface area contributed by atoms with Gasteiger partial charge in [-0.05, 0) is 31.2 Å². The summed E-state index contributed by atoms with van der Waals surface area (Å²) in [5.74, 6) is 2.16. The maximum absolute atomic E-state index is 5.51. The lowest BCUT2D eigenvalue weighted by atomic mass is 9.74. The van der Waals surface area contributed by atoms with E-state index in [-0.39, 0.29) is 0 Å². The Balaban J connectivity index is 1.91. The molecule has 1 aromatic carbocycles. The highest BCUT2D eigenvalue weighted by atomic mass is 16.5. The summed E-state index contributed by atoms with van der Waals surface area (Å²) in [6.07, 6.45) is 5.10. The van der Waals surface area contributed by atoms with Crippen LogP contribution in [0.3, 0.4) is 0 Å². The van der Waals surface area contributed by atoms with Crippen molar-refractivity contribution in [2.45, 2.75) is 44.4 Å². The number of hydrogen-bond donors (Lipinski definition) is 0. The molecule has 0 radical (unpaired) electrons. The molecule has 1 fully saturated rings. The van der Waals surface area contributed by atoms with Gasteiger partial charge in [0, 0.05) is 12.0 Å². The summed E-state index contributed by atoms with van der Waals surface area (Å²) in [5, 5.41) is 4.04. The minimum absolute atomic E-state index is 0.502. The molecule has 1 aliphatic rings. The average molecular weight is 241 g/mol. The average Bonchev–Trinajstić information content (AvgIpc) is 2.86. The number of benzene rings is 1. The highest BCUT2D eigenvalue weighted by molar-refractivity contribution is 5.25. The summed E-state index contributed by atoms with van der Waals surface area (Å²) < 4.78 is 5.51. The second kappa shape index (κ2) is 4.97. The maximum atomic E-state index is 5.51. The standard InChI is InChI=1S/C16H19NO/c1-12-11-16(18-17-12)15-10-6-5-9-14(15)13-7-3-2-4-8-13/h2-4,7-8,11,14-15H,5-6,9-10H2,1H3. The van der Waals surface area contributed by atoms with Crippen LogP contribution in [0.25, 0.3) is 0 Å². The van der Waals surface area contributed by atoms with Crippen LogP contribution in [0.2, 0.25) is 0 Å². The van der Waals surface area contributed by atoms with Crippen molar-refractivity contribution < 1.29 is 4.52 Å². The Morgan fingerprint density at radius 2 is 1.78 bits per heavy atom. The van der Waals surface area contributed by atoms with Crippen LogP contribution in [0.4, 0.5) is 0 Å². The highest BCUT2D eigenvalue weighted by Gasteiger charge is 2.30. The van der Waals surface area contributed by atoms with E-state index in [1.54, 1.807) is 0 Å². The molecular formula is C16H19NO. The summed E-state index contributed by atoms with van der Waals surface area (Å²) in [4.78, 5) is 0. The molecule has 0 spiro atoms. The topological polar surface area (TPSA) is 26.0 Å². The second-order valence-corrected chi connectivity index (χ2v) is 5.28. The smallest absolute Gasteiger partial charge is 0.140 e. The van der Waals surface area contributed by atoms with Crippen molar-refractivity contribution in [1.82, 2.24) is 5.16 Å². The van der Waals surface area contributed by atoms with Gasteiger partial charge in [-0.25, -0.2) is 0 Å². The molecule has 2 atom stereocenters. The van der Waals surface area contributed by atoms with E-state index in [9.17, 15) is 0 Å². The Bertz CT molecular complexity index is 503. The Morgan fingerprint density at radius 3 is 2.44 bits per heavy atom. The van der Waals surface area contributed by atoms with Crippen molar-refractivity contribution in [3.63, 3.8) is 0 Å². The van der Waals surface area contributed by atoms with Crippen molar-refractivity contribution in [2.24, 2.45) is 0 Å². The molecule has 1 saturated carbocycles. The van der Waals surface area contributed by atoms with Gasteiger partial charge in [-0.15, -0.1) is 0 Å². The van der Waals surface area contributed by atoms with Gasteiger partial charge in [-0.3, -0.25) is 0 Å². The third-order valence-electron chi connectivity index (χ3n) is 4.01. The van der Waals surface area contributed by atoms with Crippen molar-refractivity contribution in [3.8, 4) is 0 Å². The first kappa shape index (κ1) is 11.5. The van der Waals surface area contributed by atoms with E-state index >= 15 is 0 Å². The predicted molar refractivity (Wildman–Crippen MR) is 71.6 cm³/mol. The van der Waals surface area contributed by atoms with Crippen LogP contribution in [0, 0.1) is 6.92 Å². The fourth-order valence-electron chi connectivity index (χ4n) is 3.13. The molecule has 1 aliphatic carbocycles. The number of hydrogen-bond acceptors (Lipinski definition) is 2. The molecule has 0 aliphatic heterocycles. The third kappa shape index (κ3) is 2.20. The van der Waals surface area contributed by atoms with Gasteiger partial charge >= 0.3 is 0 Å². The molecule has 0 N–H and O–H groups in total. The van der Waals surface area contributed by atoms with E-state index in [1.165, 1.54) is 31.2 Å². The first-order chi connectivity index (χ1) is 8.84. The Labute approximate surface area is 108 Å². The lowest BCUT2D eigenvalue weighted by Gasteiger charge is -2.30. The van der Waals surface area contributed by atoms with Crippen molar-refractivity contribution in [2.75, 3.05) is 0 Å². The lowest BCUT2D eigenvalue weighted by molar-refractivity contribution is 0.296. The molecule has 1 heterocycles. The Hall–Kier alpha value is -1.57. The molecule has 1 aromatic heterocycles. The Kier molecular flexibility index (Phi) is 3.18. The summed E-state index contributed by atoms with van der Waals surface area (Å²) in [6, 6.07) is 12.9. The van der Waals surface area contributed by atoms with E-state index in [0.717, 1.165) is 11.5 Å². The van der Waals surface area contributed by atoms with Crippen LogP contribution in [0.1, 0.15) is 54.5 Å². The van der Waals surface area contributed by atoms with Gasteiger partial charge < -0.3 is 4.52 Å². The molecule has 3 rings (SSSR count). The van der Waals surface area contributed by atoms with Crippen molar-refractivity contribution >= 4 is 0 Å².